The number of rotatable bonds is 3. The fourth-order valence-corrected chi connectivity index (χ4v) is 2.12. The van der Waals surface area contributed by atoms with E-state index in [0.717, 1.165) is 19.5 Å². The second-order valence-electron chi connectivity index (χ2n) is 4.50. The van der Waals surface area contributed by atoms with E-state index in [-0.39, 0.29) is 0 Å². The summed E-state index contributed by atoms with van der Waals surface area (Å²) in [6, 6.07) is 1.88. The topological polar surface area (TPSA) is 80.5 Å². The van der Waals surface area contributed by atoms with Gasteiger partial charge in [-0.25, -0.2) is 9.78 Å². The average molecular weight is 250 g/mol. The molecule has 1 aromatic heterocycles. The number of esters is 1. The summed E-state index contributed by atoms with van der Waals surface area (Å²) in [6.45, 7) is 2.00. The summed E-state index contributed by atoms with van der Waals surface area (Å²) in [4.78, 5) is 17.9. The summed E-state index contributed by atoms with van der Waals surface area (Å²) in [5.74, 6) is 0.111. The van der Waals surface area contributed by atoms with Crippen molar-refractivity contribution in [3.63, 3.8) is 0 Å². The maximum Gasteiger partial charge on any atom is 0.340 e. The van der Waals surface area contributed by atoms with Gasteiger partial charge in [0.15, 0.2) is 0 Å². The number of methoxy groups -OCH3 is 1. The van der Waals surface area contributed by atoms with Crippen LogP contribution in [-0.4, -0.2) is 49.1 Å². The van der Waals surface area contributed by atoms with Crippen molar-refractivity contribution in [1.82, 2.24) is 9.88 Å². The molecule has 1 aromatic rings. The van der Waals surface area contributed by atoms with E-state index in [9.17, 15) is 4.79 Å². The van der Waals surface area contributed by atoms with Crippen molar-refractivity contribution in [3.8, 4) is 0 Å². The van der Waals surface area contributed by atoms with Gasteiger partial charge in [0, 0.05) is 18.8 Å². The van der Waals surface area contributed by atoms with Gasteiger partial charge in [-0.3, -0.25) is 0 Å². The molecule has 18 heavy (non-hydrogen) atoms. The summed E-state index contributed by atoms with van der Waals surface area (Å²) in [7, 11) is 3.41. The Labute approximate surface area is 106 Å². The zero-order chi connectivity index (χ0) is 13.1. The highest BCUT2D eigenvalue weighted by molar-refractivity contribution is 5.97. The summed E-state index contributed by atoms with van der Waals surface area (Å²) < 4.78 is 4.68. The van der Waals surface area contributed by atoms with Crippen LogP contribution in [-0.2, 0) is 4.74 Å². The first kappa shape index (κ1) is 12.6. The molecule has 0 aliphatic carbocycles. The Morgan fingerprint density at radius 3 is 3.06 bits per heavy atom. The molecule has 0 radical (unpaired) electrons. The fraction of sp³-hybridized carbons (Fsp3) is 0.500. The number of carbonyl (C=O) groups is 1. The molecule has 1 atom stereocenters. The van der Waals surface area contributed by atoms with E-state index in [1.807, 2.05) is 0 Å². The number of nitrogens with one attached hydrogen (secondary N) is 1. The minimum atomic E-state index is -0.443. The predicted octanol–water partition coefficient (Wildman–Crippen LogP) is 0.566. The molecular formula is C12H18N4O2. The van der Waals surface area contributed by atoms with Crippen molar-refractivity contribution in [2.45, 2.75) is 12.5 Å². The second kappa shape index (κ2) is 5.22. The molecule has 1 unspecified atom stereocenters. The molecule has 0 saturated carbocycles. The van der Waals surface area contributed by atoms with Crippen LogP contribution in [0.25, 0.3) is 0 Å². The van der Waals surface area contributed by atoms with Crippen LogP contribution < -0.4 is 11.1 Å². The number of ether oxygens (including phenoxy) is 1. The number of aromatic nitrogens is 1. The number of pyridine rings is 1. The first-order valence-corrected chi connectivity index (χ1v) is 5.89. The third-order valence-electron chi connectivity index (χ3n) is 3.13. The Morgan fingerprint density at radius 1 is 1.67 bits per heavy atom. The number of nitrogens with two attached hydrogens (primary N) is 1. The molecule has 3 N–H and O–H groups in total. The van der Waals surface area contributed by atoms with E-state index in [2.05, 4.69) is 27.0 Å². The van der Waals surface area contributed by atoms with Crippen molar-refractivity contribution in [2.75, 3.05) is 38.3 Å². The van der Waals surface area contributed by atoms with Gasteiger partial charge in [-0.05, 0) is 26.1 Å². The summed E-state index contributed by atoms with van der Waals surface area (Å²) in [5.41, 5.74) is 6.63. The molecule has 2 rings (SSSR count). The summed E-state index contributed by atoms with van der Waals surface area (Å²) >= 11 is 0. The number of anilines is 2. The van der Waals surface area contributed by atoms with Crippen LogP contribution in [0.5, 0.6) is 0 Å². The molecular weight excluding hydrogens is 232 g/mol. The van der Waals surface area contributed by atoms with Gasteiger partial charge in [0.1, 0.15) is 5.82 Å². The van der Waals surface area contributed by atoms with Crippen LogP contribution in [0, 0.1) is 0 Å². The Kier molecular flexibility index (Phi) is 3.66. The Hall–Kier alpha value is -1.82. The van der Waals surface area contributed by atoms with E-state index < -0.39 is 5.97 Å². The van der Waals surface area contributed by atoms with Crippen molar-refractivity contribution >= 4 is 17.5 Å². The van der Waals surface area contributed by atoms with E-state index in [1.54, 1.807) is 12.3 Å². The van der Waals surface area contributed by atoms with Crippen molar-refractivity contribution < 1.29 is 9.53 Å². The quantitative estimate of drug-likeness (QED) is 0.763. The van der Waals surface area contributed by atoms with Gasteiger partial charge in [0.2, 0.25) is 0 Å². The van der Waals surface area contributed by atoms with Crippen molar-refractivity contribution in [2.24, 2.45) is 0 Å². The van der Waals surface area contributed by atoms with E-state index >= 15 is 0 Å². The van der Waals surface area contributed by atoms with Gasteiger partial charge < -0.3 is 20.7 Å². The molecule has 0 aromatic carbocycles. The summed E-state index contributed by atoms with van der Waals surface area (Å²) in [5, 5.41) is 3.27. The first-order chi connectivity index (χ1) is 8.61. The maximum atomic E-state index is 11.5. The Bertz CT molecular complexity index is 450. The molecule has 98 valence electrons. The smallest absolute Gasteiger partial charge is 0.340 e. The van der Waals surface area contributed by atoms with E-state index in [0.29, 0.717) is 23.1 Å². The lowest BCUT2D eigenvalue weighted by atomic mass is 10.2. The van der Waals surface area contributed by atoms with Crippen LogP contribution in [0.3, 0.4) is 0 Å². The number of nitrogens with zero attached hydrogens (tertiary/aromatic N) is 2. The normalized spacial score (nSPS) is 19.8. The largest absolute Gasteiger partial charge is 0.465 e. The van der Waals surface area contributed by atoms with E-state index in [4.69, 9.17) is 5.73 Å². The Morgan fingerprint density at radius 2 is 2.44 bits per heavy atom. The van der Waals surface area contributed by atoms with Crippen molar-refractivity contribution in [3.05, 3.63) is 17.8 Å². The minimum Gasteiger partial charge on any atom is -0.465 e. The highest BCUT2D eigenvalue weighted by atomic mass is 16.5. The predicted molar refractivity (Wildman–Crippen MR) is 69.5 cm³/mol. The van der Waals surface area contributed by atoms with Gasteiger partial charge in [0.25, 0.3) is 0 Å². The molecule has 6 heteroatoms. The lowest BCUT2D eigenvalue weighted by Gasteiger charge is -2.16. The maximum absolute atomic E-state index is 11.5. The molecule has 1 aliphatic rings. The molecule has 0 bridgehead atoms. The van der Waals surface area contributed by atoms with Crippen LogP contribution in [0.4, 0.5) is 11.5 Å². The molecule has 1 saturated heterocycles. The van der Waals surface area contributed by atoms with Gasteiger partial charge in [-0.2, -0.15) is 0 Å². The zero-order valence-electron chi connectivity index (χ0n) is 10.6. The lowest BCUT2D eigenvalue weighted by Crippen LogP contribution is -2.25. The molecule has 0 spiro atoms. The van der Waals surface area contributed by atoms with Crippen LogP contribution in [0.1, 0.15) is 16.8 Å². The minimum absolute atomic E-state index is 0.317. The summed E-state index contributed by atoms with van der Waals surface area (Å²) in [6.07, 6.45) is 2.60. The molecule has 1 aliphatic heterocycles. The highest BCUT2D eigenvalue weighted by Crippen LogP contribution is 2.23. The van der Waals surface area contributed by atoms with Gasteiger partial charge in [-0.1, -0.05) is 0 Å². The molecule has 2 heterocycles. The van der Waals surface area contributed by atoms with Gasteiger partial charge in [-0.15, -0.1) is 0 Å². The Balaban J connectivity index is 2.16. The van der Waals surface area contributed by atoms with Crippen LogP contribution in [0.2, 0.25) is 0 Å². The monoisotopic (exact) mass is 250 g/mol. The number of carbonyl (C=O) groups excluding carboxylic acids is 1. The fourth-order valence-electron chi connectivity index (χ4n) is 2.12. The molecule has 6 nitrogen and oxygen atoms in total. The van der Waals surface area contributed by atoms with Gasteiger partial charge >= 0.3 is 5.97 Å². The standard InChI is InChI=1S/C12H18N4O2/c1-16-6-4-8(7-16)15-11-10(13)9(3-5-14-11)12(17)18-2/h3,5,8H,4,6-7,13H2,1-2H3,(H,14,15). The van der Waals surface area contributed by atoms with Gasteiger partial charge in [0.05, 0.1) is 18.4 Å². The van der Waals surface area contributed by atoms with Crippen LogP contribution in [0.15, 0.2) is 12.3 Å². The number of hydrogen-bond donors (Lipinski definition) is 2. The van der Waals surface area contributed by atoms with Crippen molar-refractivity contribution in [1.29, 1.82) is 0 Å². The SMILES string of the molecule is COC(=O)c1ccnc(NC2CCN(C)C2)c1N. The number of likely N-dealkylation sites (N-methyl/N-ethyl adjacent to an activating group) is 1. The highest BCUT2D eigenvalue weighted by Gasteiger charge is 2.21. The lowest BCUT2D eigenvalue weighted by molar-refractivity contribution is 0.0602. The zero-order valence-corrected chi connectivity index (χ0v) is 10.6. The second-order valence-corrected chi connectivity index (χ2v) is 4.50. The van der Waals surface area contributed by atoms with E-state index in [1.165, 1.54) is 7.11 Å². The average Bonchev–Trinajstić information content (AvgIpc) is 2.76. The first-order valence-electron chi connectivity index (χ1n) is 5.89. The molecule has 1 fully saturated rings. The number of hydrogen-bond acceptors (Lipinski definition) is 6. The molecule has 0 amide bonds. The third kappa shape index (κ3) is 2.53. The third-order valence-corrected chi connectivity index (χ3v) is 3.13. The number of nitrogen functional groups attached to an aromatic ring is 1. The number of likely N-dealkylation sites (tertiary alicyclic amines) is 1. The van der Waals surface area contributed by atoms with Crippen LogP contribution >= 0.6 is 0 Å².